The van der Waals surface area contributed by atoms with Crippen LogP contribution in [0.25, 0.3) is 0 Å². The van der Waals surface area contributed by atoms with E-state index in [-0.39, 0.29) is 18.4 Å². The summed E-state index contributed by atoms with van der Waals surface area (Å²) in [6, 6.07) is 5.23. The highest BCUT2D eigenvalue weighted by atomic mass is 16.5. The van der Waals surface area contributed by atoms with Crippen LogP contribution in [-0.2, 0) is 16.1 Å². The number of carbonyl (C=O) groups excluding carboxylic acids is 2. The molecule has 27 heavy (non-hydrogen) atoms. The maximum atomic E-state index is 13.1. The molecule has 0 aliphatic heterocycles. The van der Waals surface area contributed by atoms with E-state index >= 15 is 0 Å². The zero-order valence-corrected chi connectivity index (χ0v) is 16.1. The lowest BCUT2D eigenvalue weighted by Gasteiger charge is -2.58. The van der Waals surface area contributed by atoms with Crippen molar-refractivity contribution in [3.63, 3.8) is 0 Å². The highest BCUT2D eigenvalue weighted by Gasteiger charge is 2.60. The van der Waals surface area contributed by atoms with Crippen molar-refractivity contribution in [2.45, 2.75) is 64.6 Å². The average molecular weight is 372 g/mol. The third-order valence-electron chi connectivity index (χ3n) is 6.59. The Morgan fingerprint density at radius 3 is 2.48 bits per heavy atom. The fourth-order valence-electron chi connectivity index (χ4n) is 5.96. The molecule has 1 aromatic carbocycles. The lowest BCUT2D eigenvalue weighted by atomic mass is 9.48. The number of Topliss-reactive ketones (excluding diaryl/α,β-unsaturated/α-hetero) is 1. The summed E-state index contributed by atoms with van der Waals surface area (Å²) in [5.74, 6) is 1.27. The monoisotopic (exact) mass is 372 g/mol. The molecule has 5 nitrogen and oxygen atoms in total. The van der Waals surface area contributed by atoms with Gasteiger partial charge in [-0.3, -0.25) is 9.59 Å². The molecule has 4 fully saturated rings. The number of ketones is 1. The van der Waals surface area contributed by atoms with Crippen molar-refractivity contribution in [2.75, 3.05) is 6.61 Å². The molecule has 1 N–H and O–H groups in total. The Kier molecular flexibility index (Phi) is 4.53. The van der Waals surface area contributed by atoms with Crippen molar-refractivity contribution in [2.24, 2.45) is 17.3 Å². The van der Waals surface area contributed by atoms with Gasteiger partial charge in [-0.15, -0.1) is 0 Å². The molecule has 0 heterocycles. The Morgan fingerprint density at radius 2 is 1.89 bits per heavy atom. The van der Waals surface area contributed by atoms with E-state index in [9.17, 15) is 14.7 Å². The smallest absolute Gasteiger partial charge is 0.312 e. The molecule has 5 heteroatoms. The number of carbonyl (C=O) groups is 2. The first kappa shape index (κ1) is 18.5. The molecule has 4 saturated carbocycles. The number of ether oxygens (including phenoxy) is 2. The fraction of sp³-hybridized carbons (Fsp3) is 0.636. The molecule has 0 saturated heterocycles. The van der Waals surface area contributed by atoms with Gasteiger partial charge >= 0.3 is 5.97 Å². The lowest BCUT2D eigenvalue weighted by Crippen LogP contribution is -2.58. The van der Waals surface area contributed by atoms with Crippen LogP contribution in [0.4, 0.5) is 0 Å². The Morgan fingerprint density at radius 1 is 1.19 bits per heavy atom. The maximum absolute atomic E-state index is 13.1. The molecule has 0 radical (unpaired) electrons. The standard InChI is InChI=1S/C22H28O5/c1-3-26-19-5-4-17(14(2)23)7-18(19)12-27-20(24)21-8-15-6-16(9-21)11-22(25,10-15)13-21/h4-5,7,15-16,25H,3,6,8-13H2,1-2H3. The summed E-state index contributed by atoms with van der Waals surface area (Å²) in [7, 11) is 0. The number of aliphatic hydroxyl groups is 1. The zero-order valence-electron chi connectivity index (χ0n) is 16.1. The summed E-state index contributed by atoms with van der Waals surface area (Å²) >= 11 is 0. The van der Waals surface area contributed by atoms with Crippen molar-refractivity contribution in [3.8, 4) is 5.75 Å². The van der Waals surface area contributed by atoms with Gasteiger partial charge in [0.15, 0.2) is 5.78 Å². The first-order valence-electron chi connectivity index (χ1n) is 9.99. The van der Waals surface area contributed by atoms with Gasteiger partial charge < -0.3 is 14.6 Å². The van der Waals surface area contributed by atoms with Gasteiger partial charge in [-0.25, -0.2) is 0 Å². The number of hydrogen-bond acceptors (Lipinski definition) is 5. The van der Waals surface area contributed by atoms with Crippen LogP contribution in [0.3, 0.4) is 0 Å². The zero-order chi connectivity index (χ0) is 19.2. The molecule has 5 rings (SSSR count). The van der Waals surface area contributed by atoms with Crippen molar-refractivity contribution in [1.82, 2.24) is 0 Å². The molecule has 146 valence electrons. The van der Waals surface area contributed by atoms with E-state index in [1.807, 2.05) is 6.92 Å². The molecule has 1 aromatic rings. The lowest BCUT2D eigenvalue weighted by molar-refractivity contribution is -0.197. The fourth-order valence-corrected chi connectivity index (χ4v) is 5.96. The van der Waals surface area contributed by atoms with Crippen LogP contribution in [0.15, 0.2) is 18.2 Å². The van der Waals surface area contributed by atoms with Crippen molar-refractivity contribution in [3.05, 3.63) is 29.3 Å². The third-order valence-corrected chi connectivity index (χ3v) is 6.59. The molecule has 0 amide bonds. The molecule has 0 aromatic heterocycles. The predicted octanol–water partition coefficient (Wildman–Crippen LogP) is 3.66. The van der Waals surface area contributed by atoms with Gasteiger partial charge in [0.1, 0.15) is 12.4 Å². The number of benzene rings is 1. The van der Waals surface area contributed by atoms with Crippen LogP contribution in [0.5, 0.6) is 5.75 Å². The van der Waals surface area contributed by atoms with E-state index in [1.165, 1.54) is 6.92 Å². The highest BCUT2D eigenvalue weighted by molar-refractivity contribution is 5.94. The van der Waals surface area contributed by atoms with E-state index in [2.05, 4.69) is 0 Å². The summed E-state index contributed by atoms with van der Waals surface area (Å²) in [6.45, 7) is 4.00. The molecule has 4 aliphatic carbocycles. The average Bonchev–Trinajstić information content (AvgIpc) is 2.58. The molecule has 4 bridgehead atoms. The normalized spacial score (nSPS) is 33.7. The maximum Gasteiger partial charge on any atom is 0.312 e. The van der Waals surface area contributed by atoms with Gasteiger partial charge in [0.25, 0.3) is 0 Å². The van der Waals surface area contributed by atoms with Crippen LogP contribution in [0, 0.1) is 17.3 Å². The summed E-state index contributed by atoms with van der Waals surface area (Å²) in [4.78, 5) is 24.8. The second-order valence-corrected chi connectivity index (χ2v) is 8.85. The Hall–Kier alpha value is -1.88. The van der Waals surface area contributed by atoms with E-state index in [4.69, 9.17) is 9.47 Å². The second-order valence-electron chi connectivity index (χ2n) is 8.85. The first-order valence-corrected chi connectivity index (χ1v) is 9.99. The number of hydrogen-bond donors (Lipinski definition) is 1. The van der Waals surface area contributed by atoms with Gasteiger partial charge in [0.2, 0.25) is 0 Å². The minimum absolute atomic E-state index is 0.0334. The topological polar surface area (TPSA) is 72.8 Å². The van der Waals surface area contributed by atoms with E-state index in [0.717, 1.165) is 32.1 Å². The van der Waals surface area contributed by atoms with E-state index < -0.39 is 11.0 Å². The molecular formula is C22H28O5. The van der Waals surface area contributed by atoms with Crippen LogP contribution in [0.2, 0.25) is 0 Å². The highest BCUT2D eigenvalue weighted by Crippen LogP contribution is 2.62. The quantitative estimate of drug-likeness (QED) is 0.609. The Balaban J connectivity index is 1.51. The molecule has 4 aliphatic rings. The SMILES string of the molecule is CCOc1ccc(C(C)=O)cc1COC(=O)C12CC3CC(CC(O)(C3)C1)C2. The van der Waals surface area contributed by atoms with Crippen molar-refractivity contribution < 1.29 is 24.2 Å². The predicted molar refractivity (Wildman–Crippen MR) is 99.5 cm³/mol. The summed E-state index contributed by atoms with van der Waals surface area (Å²) in [6.07, 6.45) is 4.97. The van der Waals surface area contributed by atoms with Gasteiger partial charge in [-0.05, 0) is 82.4 Å². The van der Waals surface area contributed by atoms with Crippen LogP contribution >= 0.6 is 0 Å². The second kappa shape index (κ2) is 6.62. The number of esters is 1. The molecule has 0 spiro atoms. The summed E-state index contributed by atoms with van der Waals surface area (Å²) < 4.78 is 11.4. The third kappa shape index (κ3) is 3.38. The van der Waals surface area contributed by atoms with Gasteiger partial charge in [-0.1, -0.05) is 0 Å². The summed E-state index contributed by atoms with van der Waals surface area (Å²) in [5, 5.41) is 10.8. The minimum Gasteiger partial charge on any atom is -0.493 e. The molecule has 2 atom stereocenters. The van der Waals surface area contributed by atoms with Gasteiger partial charge in [0, 0.05) is 11.1 Å². The minimum atomic E-state index is -0.686. The molecule has 2 unspecified atom stereocenters. The van der Waals surface area contributed by atoms with Crippen LogP contribution in [0.1, 0.15) is 68.3 Å². The summed E-state index contributed by atoms with van der Waals surface area (Å²) in [5.41, 5.74) is 0.0617. The van der Waals surface area contributed by atoms with E-state index in [1.54, 1.807) is 18.2 Å². The van der Waals surface area contributed by atoms with Crippen LogP contribution in [-0.4, -0.2) is 29.1 Å². The van der Waals surface area contributed by atoms with Crippen molar-refractivity contribution in [1.29, 1.82) is 0 Å². The largest absolute Gasteiger partial charge is 0.493 e. The van der Waals surface area contributed by atoms with Crippen molar-refractivity contribution >= 4 is 11.8 Å². The molecular weight excluding hydrogens is 344 g/mol. The Labute approximate surface area is 160 Å². The van der Waals surface area contributed by atoms with Gasteiger partial charge in [0.05, 0.1) is 17.6 Å². The first-order chi connectivity index (χ1) is 12.8. The van der Waals surface area contributed by atoms with Gasteiger partial charge in [-0.2, -0.15) is 0 Å². The Bertz CT molecular complexity index is 754. The van der Waals surface area contributed by atoms with Crippen LogP contribution < -0.4 is 4.74 Å². The van der Waals surface area contributed by atoms with E-state index in [0.29, 0.717) is 41.7 Å². The number of rotatable bonds is 6.